The Balaban J connectivity index is 3.67. The molecule has 0 aromatic carbocycles. The van der Waals surface area contributed by atoms with Gasteiger partial charge in [-0.1, -0.05) is 6.92 Å². The van der Waals surface area contributed by atoms with E-state index in [1.54, 1.807) is 0 Å². The summed E-state index contributed by atoms with van der Waals surface area (Å²) in [5.41, 5.74) is -0.383. The summed E-state index contributed by atoms with van der Waals surface area (Å²) in [5.74, 6) is 0.0146. The maximum absolute atomic E-state index is 11.5. The number of hydrogen-bond acceptors (Lipinski definition) is 3. The van der Waals surface area contributed by atoms with Crippen LogP contribution in [0.25, 0.3) is 0 Å². The average Bonchev–Trinajstić information content (AvgIpc) is 2.21. The quantitative estimate of drug-likeness (QED) is 0.615. The van der Waals surface area contributed by atoms with Crippen LogP contribution in [0.3, 0.4) is 0 Å². The molecular weight excluding hydrogens is 206 g/mol. The fourth-order valence-electron chi connectivity index (χ4n) is 1.29. The van der Waals surface area contributed by atoms with Crippen molar-refractivity contribution in [3.05, 3.63) is 0 Å². The second-order valence-corrected chi connectivity index (χ2v) is 4.33. The first-order chi connectivity index (χ1) is 7.52. The standard InChI is InChI=1S/C12H25NO3/c1-5-8-16-12(3,4)10-11(14)13-7-9-15-6-2/h5-10H2,1-4H3,(H,13,14). The monoisotopic (exact) mass is 231 g/mol. The molecule has 0 radical (unpaired) electrons. The summed E-state index contributed by atoms with van der Waals surface area (Å²) in [6.07, 6.45) is 1.36. The highest BCUT2D eigenvalue weighted by molar-refractivity contribution is 5.76. The molecule has 0 saturated heterocycles. The van der Waals surface area contributed by atoms with Crippen LogP contribution >= 0.6 is 0 Å². The summed E-state index contributed by atoms with van der Waals surface area (Å²) in [5, 5.41) is 2.81. The third-order valence-electron chi connectivity index (χ3n) is 2.06. The van der Waals surface area contributed by atoms with Crippen molar-refractivity contribution in [3.63, 3.8) is 0 Å². The molecule has 0 bridgehead atoms. The van der Waals surface area contributed by atoms with Crippen LogP contribution in [0.15, 0.2) is 0 Å². The smallest absolute Gasteiger partial charge is 0.222 e. The Hall–Kier alpha value is -0.610. The Bertz CT molecular complexity index is 193. The van der Waals surface area contributed by atoms with Gasteiger partial charge < -0.3 is 14.8 Å². The minimum atomic E-state index is -0.383. The largest absolute Gasteiger partial charge is 0.380 e. The van der Waals surface area contributed by atoms with Gasteiger partial charge in [-0.15, -0.1) is 0 Å². The van der Waals surface area contributed by atoms with Crippen LogP contribution in [-0.2, 0) is 14.3 Å². The minimum Gasteiger partial charge on any atom is -0.380 e. The molecule has 0 aromatic heterocycles. The zero-order chi connectivity index (χ0) is 12.4. The molecule has 0 aliphatic carbocycles. The molecular formula is C12H25NO3. The molecule has 0 saturated carbocycles. The van der Waals surface area contributed by atoms with Crippen LogP contribution in [-0.4, -0.2) is 37.9 Å². The highest BCUT2D eigenvalue weighted by Gasteiger charge is 2.21. The van der Waals surface area contributed by atoms with E-state index < -0.39 is 0 Å². The van der Waals surface area contributed by atoms with Crippen LogP contribution < -0.4 is 5.32 Å². The van der Waals surface area contributed by atoms with Crippen molar-refractivity contribution in [2.45, 2.75) is 46.1 Å². The molecule has 1 amide bonds. The molecule has 1 N–H and O–H groups in total. The van der Waals surface area contributed by atoms with Gasteiger partial charge >= 0.3 is 0 Å². The van der Waals surface area contributed by atoms with Gasteiger partial charge in [0.15, 0.2) is 0 Å². The van der Waals surface area contributed by atoms with E-state index in [1.165, 1.54) is 0 Å². The molecule has 0 atom stereocenters. The summed E-state index contributed by atoms with van der Waals surface area (Å²) < 4.78 is 10.7. The Morgan fingerprint density at radius 3 is 2.50 bits per heavy atom. The minimum absolute atomic E-state index is 0.0146. The van der Waals surface area contributed by atoms with Gasteiger partial charge in [-0.25, -0.2) is 0 Å². The van der Waals surface area contributed by atoms with Crippen molar-refractivity contribution in [3.8, 4) is 0 Å². The van der Waals surface area contributed by atoms with Crippen molar-refractivity contribution in [1.29, 1.82) is 0 Å². The first kappa shape index (κ1) is 15.4. The summed E-state index contributed by atoms with van der Waals surface area (Å²) in [6.45, 7) is 10.4. The third kappa shape index (κ3) is 8.68. The number of ether oxygens (including phenoxy) is 2. The molecule has 4 heteroatoms. The molecule has 0 fully saturated rings. The first-order valence-corrected chi connectivity index (χ1v) is 6.00. The van der Waals surface area contributed by atoms with Crippen molar-refractivity contribution in [2.24, 2.45) is 0 Å². The number of carbonyl (C=O) groups excluding carboxylic acids is 1. The van der Waals surface area contributed by atoms with E-state index in [2.05, 4.69) is 12.2 Å². The van der Waals surface area contributed by atoms with Gasteiger partial charge in [-0.05, 0) is 27.2 Å². The Labute approximate surface area is 98.7 Å². The lowest BCUT2D eigenvalue weighted by atomic mass is 10.0. The number of rotatable bonds is 9. The highest BCUT2D eigenvalue weighted by Crippen LogP contribution is 2.14. The van der Waals surface area contributed by atoms with Gasteiger partial charge in [-0.2, -0.15) is 0 Å². The predicted octanol–water partition coefficient (Wildman–Crippen LogP) is 1.73. The molecule has 0 unspecified atom stereocenters. The van der Waals surface area contributed by atoms with Gasteiger partial charge in [-0.3, -0.25) is 4.79 Å². The van der Waals surface area contributed by atoms with Gasteiger partial charge in [0.1, 0.15) is 0 Å². The van der Waals surface area contributed by atoms with Crippen LogP contribution in [0.1, 0.15) is 40.5 Å². The highest BCUT2D eigenvalue weighted by atomic mass is 16.5. The fourth-order valence-corrected chi connectivity index (χ4v) is 1.29. The summed E-state index contributed by atoms with van der Waals surface area (Å²) >= 11 is 0. The molecule has 96 valence electrons. The van der Waals surface area contributed by atoms with Crippen LogP contribution in [0.4, 0.5) is 0 Å². The van der Waals surface area contributed by atoms with E-state index in [0.717, 1.165) is 6.42 Å². The predicted molar refractivity (Wildman–Crippen MR) is 64.4 cm³/mol. The number of carbonyl (C=O) groups is 1. The third-order valence-corrected chi connectivity index (χ3v) is 2.06. The Morgan fingerprint density at radius 1 is 1.25 bits per heavy atom. The van der Waals surface area contributed by atoms with Crippen molar-refractivity contribution in [1.82, 2.24) is 5.32 Å². The lowest BCUT2D eigenvalue weighted by Gasteiger charge is -2.24. The molecule has 0 spiro atoms. The number of amides is 1. The second kappa shape index (κ2) is 8.53. The zero-order valence-corrected chi connectivity index (χ0v) is 11.0. The van der Waals surface area contributed by atoms with E-state index in [-0.39, 0.29) is 11.5 Å². The van der Waals surface area contributed by atoms with Crippen molar-refractivity contribution in [2.75, 3.05) is 26.4 Å². The van der Waals surface area contributed by atoms with Crippen molar-refractivity contribution >= 4 is 5.91 Å². The van der Waals surface area contributed by atoms with E-state index in [9.17, 15) is 4.79 Å². The zero-order valence-electron chi connectivity index (χ0n) is 11.0. The molecule has 0 rings (SSSR count). The summed E-state index contributed by atoms with van der Waals surface area (Å²) in [4.78, 5) is 11.5. The maximum atomic E-state index is 11.5. The van der Waals surface area contributed by atoms with Crippen LogP contribution in [0.5, 0.6) is 0 Å². The van der Waals surface area contributed by atoms with Gasteiger partial charge in [0.05, 0.1) is 18.6 Å². The lowest BCUT2D eigenvalue weighted by molar-refractivity contribution is -0.127. The molecule has 4 nitrogen and oxygen atoms in total. The summed E-state index contributed by atoms with van der Waals surface area (Å²) in [6, 6.07) is 0. The molecule has 0 aliphatic heterocycles. The maximum Gasteiger partial charge on any atom is 0.222 e. The van der Waals surface area contributed by atoms with Gasteiger partial charge in [0.25, 0.3) is 0 Å². The first-order valence-electron chi connectivity index (χ1n) is 6.00. The molecule has 0 heterocycles. The van der Waals surface area contributed by atoms with E-state index in [1.807, 2.05) is 20.8 Å². The van der Waals surface area contributed by atoms with Gasteiger partial charge in [0.2, 0.25) is 5.91 Å². The van der Waals surface area contributed by atoms with E-state index in [0.29, 0.717) is 32.8 Å². The number of nitrogens with one attached hydrogen (secondary N) is 1. The van der Waals surface area contributed by atoms with E-state index in [4.69, 9.17) is 9.47 Å². The topological polar surface area (TPSA) is 47.6 Å². The van der Waals surface area contributed by atoms with Crippen LogP contribution in [0.2, 0.25) is 0 Å². The lowest BCUT2D eigenvalue weighted by Crippen LogP contribution is -2.36. The Morgan fingerprint density at radius 2 is 1.94 bits per heavy atom. The molecule has 0 aliphatic rings. The van der Waals surface area contributed by atoms with E-state index >= 15 is 0 Å². The molecule has 0 aromatic rings. The normalized spacial score (nSPS) is 11.5. The summed E-state index contributed by atoms with van der Waals surface area (Å²) in [7, 11) is 0. The van der Waals surface area contributed by atoms with Gasteiger partial charge in [0, 0.05) is 19.8 Å². The van der Waals surface area contributed by atoms with Crippen LogP contribution in [0, 0.1) is 0 Å². The van der Waals surface area contributed by atoms with Crippen molar-refractivity contribution < 1.29 is 14.3 Å². The SMILES string of the molecule is CCCOC(C)(C)CC(=O)NCCOCC. The second-order valence-electron chi connectivity index (χ2n) is 4.33. The number of hydrogen-bond donors (Lipinski definition) is 1. The molecule has 16 heavy (non-hydrogen) atoms. The fraction of sp³-hybridized carbons (Fsp3) is 0.917. The average molecular weight is 231 g/mol. The Kier molecular flexibility index (Phi) is 8.21.